The van der Waals surface area contributed by atoms with Crippen molar-refractivity contribution in [2.75, 3.05) is 6.61 Å². The van der Waals surface area contributed by atoms with E-state index in [1.807, 2.05) is 0 Å². The number of hydrogen-bond donors (Lipinski definition) is 3. The summed E-state index contributed by atoms with van der Waals surface area (Å²) >= 11 is 0. The van der Waals surface area contributed by atoms with Gasteiger partial charge in [0.25, 0.3) is 10.0 Å². The Morgan fingerprint density at radius 2 is 1.66 bits per heavy atom. The highest BCUT2D eigenvalue weighted by atomic mass is 32.2. The summed E-state index contributed by atoms with van der Waals surface area (Å²) in [5.41, 5.74) is -0.804. The highest BCUT2D eigenvalue weighted by Gasteiger charge is 2.64. The second kappa shape index (κ2) is 12.1. The normalized spacial score (nSPS) is 39.5. The van der Waals surface area contributed by atoms with Crippen molar-refractivity contribution in [3.8, 4) is 0 Å². The number of nitrogens with one attached hydrogen (secondary N) is 1. The van der Waals surface area contributed by atoms with E-state index in [2.05, 4.69) is 27.7 Å². The maximum absolute atomic E-state index is 12.8. The lowest BCUT2D eigenvalue weighted by atomic mass is 9.41. The minimum absolute atomic E-state index is 0.0153. The predicted molar refractivity (Wildman–Crippen MR) is 159 cm³/mol. The molecular weight excluding hydrogens is 595 g/mol. The lowest BCUT2D eigenvalue weighted by molar-refractivity contribution is -0.203. The van der Waals surface area contributed by atoms with Crippen LogP contribution in [-0.4, -0.2) is 43.5 Å². The molecule has 11 heteroatoms. The summed E-state index contributed by atoms with van der Waals surface area (Å²) in [6.45, 7) is 9.13. The van der Waals surface area contributed by atoms with Gasteiger partial charge < -0.3 is 14.9 Å². The van der Waals surface area contributed by atoms with Gasteiger partial charge in [-0.2, -0.15) is 13.2 Å². The molecule has 11 atom stereocenters. The zero-order valence-electron chi connectivity index (χ0n) is 26.1. The van der Waals surface area contributed by atoms with Crippen LogP contribution in [0, 0.1) is 52.3 Å². The van der Waals surface area contributed by atoms with Gasteiger partial charge >= 0.3 is 12.3 Å². The van der Waals surface area contributed by atoms with Crippen LogP contribution in [0.1, 0.15) is 91.0 Å². The molecule has 0 spiro atoms. The average molecular weight is 644 g/mol. The number of amides is 1. The Morgan fingerprint density at radius 1 is 1.02 bits per heavy atom. The molecule has 0 aliphatic heterocycles. The van der Waals surface area contributed by atoms with E-state index in [1.54, 1.807) is 4.72 Å². The van der Waals surface area contributed by atoms with Gasteiger partial charge in [-0.1, -0.05) is 34.1 Å². The zero-order chi connectivity index (χ0) is 32.2. The number of fused-ring (bicyclic) bond motifs is 5. The third kappa shape index (κ3) is 5.90. The number of ether oxygens (including phenoxy) is 1. The number of sulfonamides is 1. The number of benzene rings is 1. The number of rotatable bonds is 7. The van der Waals surface area contributed by atoms with E-state index in [1.165, 1.54) is 0 Å². The molecule has 4 aliphatic rings. The molecular formula is C33H48F3NO6S. The highest BCUT2D eigenvalue weighted by molar-refractivity contribution is 7.90. The van der Waals surface area contributed by atoms with Crippen molar-refractivity contribution in [1.29, 1.82) is 0 Å². The molecule has 3 N–H and O–H groups in total. The topological polar surface area (TPSA) is 113 Å². The first-order valence-corrected chi connectivity index (χ1v) is 17.7. The Morgan fingerprint density at radius 3 is 2.30 bits per heavy atom. The summed E-state index contributed by atoms with van der Waals surface area (Å²) in [4.78, 5) is 11.9. The van der Waals surface area contributed by atoms with Gasteiger partial charge in [0.2, 0.25) is 0 Å². The number of aliphatic hydroxyl groups is 2. The molecule has 44 heavy (non-hydrogen) atoms. The van der Waals surface area contributed by atoms with Gasteiger partial charge in [0.1, 0.15) is 0 Å². The van der Waals surface area contributed by atoms with Gasteiger partial charge in [-0.15, -0.1) is 0 Å². The van der Waals surface area contributed by atoms with Crippen molar-refractivity contribution in [2.45, 2.75) is 109 Å². The third-order valence-corrected chi connectivity index (χ3v) is 14.0. The SMILES string of the molecule is CC[C@H]1[C@@H](O)[C@@H]2[C@H](CC[C@]3(C)[C@@H]([C@H](C)CCOC(=O)NS(=O)(=O)c4ccc(C(F)(F)F)cc4)CC[C@@H]23)[C@@]2(C)CC[C@@H](O)C[C@@H]12. The quantitative estimate of drug-likeness (QED) is 0.302. The number of carbonyl (C=O) groups is 1. The number of halogens is 3. The van der Waals surface area contributed by atoms with Crippen molar-refractivity contribution >= 4 is 16.1 Å². The Labute approximate surface area is 259 Å². The molecule has 4 fully saturated rings. The Balaban J connectivity index is 1.19. The van der Waals surface area contributed by atoms with Crippen molar-refractivity contribution in [2.24, 2.45) is 52.3 Å². The molecule has 1 aromatic carbocycles. The Hall–Kier alpha value is -1.85. The first-order valence-electron chi connectivity index (χ1n) is 16.3. The van der Waals surface area contributed by atoms with E-state index < -0.39 is 32.8 Å². The Kier molecular flexibility index (Phi) is 9.19. The van der Waals surface area contributed by atoms with Crippen molar-refractivity contribution in [3.05, 3.63) is 29.8 Å². The second-order valence-electron chi connectivity index (χ2n) is 14.7. The second-order valence-corrected chi connectivity index (χ2v) is 16.3. The Bertz CT molecular complexity index is 1310. The third-order valence-electron chi connectivity index (χ3n) is 12.7. The molecule has 7 nitrogen and oxygen atoms in total. The summed E-state index contributed by atoms with van der Waals surface area (Å²) in [6, 6.07) is 2.90. The van der Waals surface area contributed by atoms with Gasteiger partial charge in [0.15, 0.2) is 0 Å². The van der Waals surface area contributed by atoms with Crippen LogP contribution < -0.4 is 4.72 Å². The van der Waals surface area contributed by atoms with Gasteiger partial charge in [0.05, 0.1) is 29.3 Å². The molecule has 0 unspecified atom stereocenters. The highest BCUT2D eigenvalue weighted by Crippen LogP contribution is 2.69. The largest absolute Gasteiger partial charge is 0.449 e. The van der Waals surface area contributed by atoms with E-state index >= 15 is 0 Å². The lowest BCUT2D eigenvalue weighted by Crippen LogP contribution is -2.62. The van der Waals surface area contributed by atoms with Gasteiger partial charge in [-0.05, 0) is 128 Å². The van der Waals surface area contributed by atoms with Crippen LogP contribution in [-0.2, 0) is 20.9 Å². The number of carbonyl (C=O) groups excluding carboxylic acids is 1. The maximum Gasteiger partial charge on any atom is 0.421 e. The predicted octanol–water partition coefficient (Wildman–Crippen LogP) is 6.77. The lowest BCUT2D eigenvalue weighted by Gasteiger charge is -2.64. The van der Waals surface area contributed by atoms with Crippen molar-refractivity contribution in [1.82, 2.24) is 4.72 Å². The fourth-order valence-corrected chi connectivity index (χ4v) is 11.4. The van der Waals surface area contributed by atoms with Crippen molar-refractivity contribution in [3.63, 3.8) is 0 Å². The maximum atomic E-state index is 12.8. The number of alkyl halides is 3. The minimum Gasteiger partial charge on any atom is -0.449 e. The van der Waals surface area contributed by atoms with Crippen molar-refractivity contribution < 1.29 is 41.3 Å². The molecule has 0 bridgehead atoms. The zero-order valence-corrected chi connectivity index (χ0v) is 27.0. The van der Waals surface area contributed by atoms with E-state index in [0.29, 0.717) is 42.2 Å². The standard InChI is InChI=1S/C33H48F3NO6S/c1-5-23-27-18-21(38)12-15-32(27,4)26-13-16-31(3)24(10-11-25(31)28(26)29(23)39)19(2)14-17-43-30(40)37-44(41,42)22-8-6-20(7-9-22)33(34,35)36/h6-9,19,21,23-29,38-39H,5,10-18H2,1-4H3,(H,37,40)/t19-,21-,23-,24-,25+,26+,27+,28+,29-,31-,32-/m1/s1. The first-order chi connectivity index (χ1) is 20.5. The first kappa shape index (κ1) is 33.5. The van der Waals surface area contributed by atoms with E-state index in [0.717, 1.165) is 63.5 Å². The molecule has 0 aromatic heterocycles. The molecule has 4 aliphatic carbocycles. The number of aliphatic hydroxyl groups excluding tert-OH is 2. The van der Waals surface area contributed by atoms with Crippen LogP contribution in [0.25, 0.3) is 0 Å². The molecule has 0 heterocycles. The van der Waals surface area contributed by atoms with E-state index in [4.69, 9.17) is 4.74 Å². The van der Waals surface area contributed by atoms with Gasteiger partial charge in [0, 0.05) is 0 Å². The van der Waals surface area contributed by atoms with E-state index in [9.17, 15) is 36.6 Å². The number of hydrogen-bond acceptors (Lipinski definition) is 6. The molecule has 0 saturated heterocycles. The van der Waals surface area contributed by atoms with Crippen LogP contribution in [0.5, 0.6) is 0 Å². The molecule has 1 aromatic rings. The summed E-state index contributed by atoms with van der Waals surface area (Å²) in [5, 5.41) is 22.4. The van der Waals surface area contributed by atoms with Gasteiger partial charge in [-0.25, -0.2) is 17.9 Å². The summed E-state index contributed by atoms with van der Waals surface area (Å²) < 4.78 is 70.4. The van der Waals surface area contributed by atoms with Crippen LogP contribution in [0.4, 0.5) is 18.0 Å². The minimum atomic E-state index is -4.60. The fraction of sp³-hybridized carbons (Fsp3) is 0.788. The average Bonchev–Trinajstić information content (AvgIpc) is 3.30. The molecule has 5 rings (SSSR count). The van der Waals surface area contributed by atoms with Crippen LogP contribution in [0.15, 0.2) is 29.2 Å². The molecule has 4 saturated carbocycles. The molecule has 0 radical (unpaired) electrons. The smallest absolute Gasteiger partial charge is 0.421 e. The van der Waals surface area contributed by atoms with Crippen LogP contribution in [0.3, 0.4) is 0 Å². The van der Waals surface area contributed by atoms with Crippen LogP contribution in [0.2, 0.25) is 0 Å². The van der Waals surface area contributed by atoms with E-state index in [-0.39, 0.29) is 47.4 Å². The van der Waals surface area contributed by atoms with Crippen LogP contribution >= 0.6 is 0 Å². The summed E-state index contributed by atoms with van der Waals surface area (Å²) in [5.74, 6) is 2.22. The summed E-state index contributed by atoms with van der Waals surface area (Å²) in [7, 11) is -4.38. The summed E-state index contributed by atoms with van der Waals surface area (Å²) in [6.07, 6.45) is 1.92. The molecule has 248 valence electrons. The molecule has 1 amide bonds. The monoisotopic (exact) mass is 643 g/mol. The fourth-order valence-electron chi connectivity index (χ4n) is 10.5. The van der Waals surface area contributed by atoms with Gasteiger partial charge in [-0.3, -0.25) is 0 Å².